The summed E-state index contributed by atoms with van der Waals surface area (Å²) in [5.74, 6) is 1.54. The van der Waals surface area contributed by atoms with Gasteiger partial charge in [0.15, 0.2) is 5.96 Å². The number of guanidine groups is 1. The quantitative estimate of drug-likeness (QED) is 0.347. The second-order valence-electron chi connectivity index (χ2n) is 5.91. The summed E-state index contributed by atoms with van der Waals surface area (Å²) in [6.07, 6.45) is 4.66. The molecule has 1 aromatic carbocycles. The van der Waals surface area contributed by atoms with Crippen LogP contribution >= 0.6 is 0 Å². The van der Waals surface area contributed by atoms with Crippen molar-refractivity contribution in [3.05, 3.63) is 60.0 Å². The number of halogens is 1. The number of hydrogen-bond donors (Lipinski definition) is 3. The van der Waals surface area contributed by atoms with E-state index >= 15 is 0 Å². The van der Waals surface area contributed by atoms with Gasteiger partial charge in [-0.2, -0.15) is 0 Å². The van der Waals surface area contributed by atoms with E-state index in [-0.39, 0.29) is 5.82 Å². The molecule has 0 radical (unpaired) electrons. The zero-order chi connectivity index (χ0) is 18.5. The van der Waals surface area contributed by atoms with Crippen LogP contribution in [0.4, 0.5) is 10.2 Å². The van der Waals surface area contributed by atoms with Gasteiger partial charge in [-0.3, -0.25) is 4.99 Å². The van der Waals surface area contributed by atoms with Gasteiger partial charge in [-0.05, 0) is 56.0 Å². The molecule has 0 unspecified atom stereocenters. The molecular formula is C20H28FN5. The van der Waals surface area contributed by atoms with Crippen molar-refractivity contribution in [2.24, 2.45) is 4.99 Å². The van der Waals surface area contributed by atoms with E-state index in [1.54, 1.807) is 6.20 Å². The van der Waals surface area contributed by atoms with E-state index in [2.05, 4.69) is 25.9 Å². The van der Waals surface area contributed by atoms with E-state index in [0.717, 1.165) is 62.8 Å². The Bertz CT molecular complexity index is 643. The lowest BCUT2D eigenvalue weighted by molar-refractivity contribution is 0.626. The van der Waals surface area contributed by atoms with Gasteiger partial charge in [-0.15, -0.1) is 0 Å². The molecule has 0 bridgehead atoms. The third-order valence-electron chi connectivity index (χ3n) is 3.79. The minimum Gasteiger partial charge on any atom is -0.370 e. The fourth-order valence-corrected chi connectivity index (χ4v) is 2.43. The number of aromatic nitrogens is 1. The average Bonchev–Trinajstić information content (AvgIpc) is 2.67. The van der Waals surface area contributed by atoms with Gasteiger partial charge in [0.05, 0.1) is 0 Å². The highest BCUT2D eigenvalue weighted by molar-refractivity contribution is 5.79. The molecule has 0 aliphatic carbocycles. The topological polar surface area (TPSA) is 61.3 Å². The van der Waals surface area contributed by atoms with Gasteiger partial charge in [0.1, 0.15) is 11.6 Å². The number of aliphatic imine (C=N–C) groups is 1. The molecule has 0 fully saturated rings. The summed E-state index contributed by atoms with van der Waals surface area (Å²) in [5.41, 5.74) is 1.11. The Balaban J connectivity index is 1.63. The second kappa shape index (κ2) is 11.8. The number of unbranched alkanes of at least 4 members (excludes halogenated alkanes) is 1. The molecule has 140 valence electrons. The van der Waals surface area contributed by atoms with Crippen molar-refractivity contribution in [3.8, 4) is 0 Å². The van der Waals surface area contributed by atoms with Crippen LogP contribution in [0, 0.1) is 5.82 Å². The van der Waals surface area contributed by atoms with Crippen LogP contribution in [-0.4, -0.2) is 37.1 Å². The van der Waals surface area contributed by atoms with Crippen LogP contribution in [-0.2, 0) is 6.42 Å². The van der Waals surface area contributed by atoms with Crippen LogP contribution in [0.3, 0.4) is 0 Å². The molecule has 1 aromatic heterocycles. The molecule has 0 saturated heterocycles. The maximum absolute atomic E-state index is 12.9. The summed E-state index contributed by atoms with van der Waals surface area (Å²) in [6, 6.07) is 12.5. The summed E-state index contributed by atoms with van der Waals surface area (Å²) in [6.45, 7) is 5.30. The summed E-state index contributed by atoms with van der Waals surface area (Å²) in [5, 5.41) is 9.86. The molecule has 1 heterocycles. The van der Waals surface area contributed by atoms with Gasteiger partial charge in [-0.25, -0.2) is 9.37 Å². The Labute approximate surface area is 155 Å². The maximum atomic E-state index is 12.9. The fraction of sp³-hybridized carbons (Fsp3) is 0.400. The highest BCUT2D eigenvalue weighted by Crippen LogP contribution is 2.03. The van der Waals surface area contributed by atoms with E-state index in [1.165, 1.54) is 12.1 Å². The Kier molecular flexibility index (Phi) is 8.97. The van der Waals surface area contributed by atoms with E-state index in [4.69, 9.17) is 0 Å². The first kappa shape index (κ1) is 19.7. The van der Waals surface area contributed by atoms with Gasteiger partial charge in [-0.1, -0.05) is 18.2 Å². The molecule has 0 aliphatic heterocycles. The van der Waals surface area contributed by atoms with Crippen LogP contribution < -0.4 is 16.0 Å². The molecule has 26 heavy (non-hydrogen) atoms. The second-order valence-corrected chi connectivity index (χ2v) is 5.91. The van der Waals surface area contributed by atoms with E-state index in [1.807, 2.05) is 37.3 Å². The number of benzene rings is 1. The third kappa shape index (κ3) is 7.96. The monoisotopic (exact) mass is 357 g/mol. The summed E-state index contributed by atoms with van der Waals surface area (Å²) >= 11 is 0. The van der Waals surface area contributed by atoms with Crippen LogP contribution in [0.25, 0.3) is 0 Å². The molecule has 2 rings (SSSR count). The van der Waals surface area contributed by atoms with Crippen molar-refractivity contribution in [1.29, 1.82) is 0 Å². The summed E-state index contributed by atoms with van der Waals surface area (Å²) in [4.78, 5) is 8.83. The lowest BCUT2D eigenvalue weighted by Gasteiger charge is -2.11. The van der Waals surface area contributed by atoms with Crippen LogP contribution in [0.5, 0.6) is 0 Å². The number of nitrogens with zero attached hydrogens (tertiary/aromatic N) is 2. The Morgan fingerprint density at radius 1 is 1.04 bits per heavy atom. The molecular weight excluding hydrogens is 329 g/mol. The minimum atomic E-state index is -0.200. The molecule has 3 N–H and O–H groups in total. The predicted octanol–water partition coefficient (Wildman–Crippen LogP) is 3.21. The first-order valence-electron chi connectivity index (χ1n) is 9.19. The van der Waals surface area contributed by atoms with Gasteiger partial charge in [0, 0.05) is 32.4 Å². The Morgan fingerprint density at radius 3 is 2.62 bits per heavy atom. The number of rotatable bonds is 10. The average molecular weight is 357 g/mol. The van der Waals surface area contributed by atoms with Crippen LogP contribution in [0.15, 0.2) is 53.7 Å². The highest BCUT2D eigenvalue weighted by atomic mass is 19.1. The van der Waals surface area contributed by atoms with E-state index in [0.29, 0.717) is 0 Å². The number of anilines is 1. The van der Waals surface area contributed by atoms with E-state index in [9.17, 15) is 4.39 Å². The molecule has 0 saturated carbocycles. The number of hydrogen-bond acceptors (Lipinski definition) is 3. The molecule has 2 aromatic rings. The molecule has 0 spiro atoms. The minimum absolute atomic E-state index is 0.200. The fourth-order valence-electron chi connectivity index (χ4n) is 2.43. The molecule has 6 heteroatoms. The number of pyridine rings is 1. The largest absolute Gasteiger partial charge is 0.370 e. The SMILES string of the molecule is CCNC(=NCCCCNc1ccccn1)NCCc1ccc(F)cc1. The maximum Gasteiger partial charge on any atom is 0.191 e. The van der Waals surface area contributed by atoms with E-state index < -0.39 is 0 Å². The summed E-state index contributed by atoms with van der Waals surface area (Å²) in [7, 11) is 0. The van der Waals surface area contributed by atoms with Crippen LogP contribution in [0.1, 0.15) is 25.3 Å². The molecule has 5 nitrogen and oxygen atoms in total. The summed E-state index contributed by atoms with van der Waals surface area (Å²) < 4.78 is 12.9. The first-order valence-corrected chi connectivity index (χ1v) is 9.19. The lowest BCUT2D eigenvalue weighted by Crippen LogP contribution is -2.38. The zero-order valence-electron chi connectivity index (χ0n) is 15.3. The number of nitrogens with one attached hydrogen (secondary N) is 3. The van der Waals surface area contributed by atoms with Crippen molar-refractivity contribution in [3.63, 3.8) is 0 Å². The lowest BCUT2D eigenvalue weighted by atomic mass is 10.1. The van der Waals surface area contributed by atoms with Crippen LogP contribution in [0.2, 0.25) is 0 Å². The Morgan fingerprint density at radius 2 is 1.88 bits per heavy atom. The Hall–Kier alpha value is -2.63. The molecule has 0 amide bonds. The molecule has 0 atom stereocenters. The van der Waals surface area contributed by atoms with Gasteiger partial charge in [0.2, 0.25) is 0 Å². The predicted molar refractivity (Wildman–Crippen MR) is 106 cm³/mol. The van der Waals surface area contributed by atoms with Gasteiger partial charge >= 0.3 is 0 Å². The van der Waals surface area contributed by atoms with Gasteiger partial charge < -0.3 is 16.0 Å². The van der Waals surface area contributed by atoms with Crippen molar-refractivity contribution in [1.82, 2.24) is 15.6 Å². The van der Waals surface area contributed by atoms with Crippen molar-refractivity contribution >= 4 is 11.8 Å². The van der Waals surface area contributed by atoms with Crippen molar-refractivity contribution < 1.29 is 4.39 Å². The first-order chi connectivity index (χ1) is 12.8. The molecule has 0 aliphatic rings. The highest BCUT2D eigenvalue weighted by Gasteiger charge is 1.98. The van der Waals surface area contributed by atoms with Crippen molar-refractivity contribution in [2.45, 2.75) is 26.2 Å². The smallest absolute Gasteiger partial charge is 0.191 e. The van der Waals surface area contributed by atoms with Crippen molar-refractivity contribution in [2.75, 3.05) is 31.5 Å². The van der Waals surface area contributed by atoms with Gasteiger partial charge in [0.25, 0.3) is 0 Å². The third-order valence-corrected chi connectivity index (χ3v) is 3.79. The normalized spacial score (nSPS) is 11.2. The zero-order valence-corrected chi connectivity index (χ0v) is 15.3. The standard InChI is InChI=1S/C20H28FN5/c1-2-22-20(26-16-12-17-8-10-18(21)11-9-17)25-15-6-5-14-24-19-7-3-4-13-23-19/h3-4,7-11,13H,2,5-6,12,14-16H2,1H3,(H,23,24)(H2,22,25,26).